The zero-order chi connectivity index (χ0) is 21.8. The molecule has 2 aromatic carbocycles. The molecule has 7 nitrogen and oxygen atoms in total. The second-order valence-corrected chi connectivity index (χ2v) is 8.11. The summed E-state index contributed by atoms with van der Waals surface area (Å²) in [5.41, 5.74) is 1.49. The highest BCUT2D eigenvalue weighted by molar-refractivity contribution is 7.98. The summed E-state index contributed by atoms with van der Waals surface area (Å²) in [6, 6.07) is 17.4. The average molecular weight is 456 g/mol. The van der Waals surface area contributed by atoms with Crippen LogP contribution in [0.4, 0.5) is 5.69 Å². The summed E-state index contributed by atoms with van der Waals surface area (Å²) in [6.07, 6.45) is 0. The Balaban J connectivity index is 1.40. The Bertz CT molecular complexity index is 1280. The monoisotopic (exact) mass is 455 g/mol. The van der Waals surface area contributed by atoms with Crippen LogP contribution in [0.2, 0.25) is 5.02 Å². The summed E-state index contributed by atoms with van der Waals surface area (Å²) < 4.78 is 12.0. The molecule has 4 rings (SSSR count). The number of thioether (sulfide) groups is 1. The molecule has 0 saturated heterocycles. The molecule has 0 aliphatic heterocycles. The van der Waals surface area contributed by atoms with Gasteiger partial charge in [0, 0.05) is 27.8 Å². The number of nitrogens with one attached hydrogen (secondary N) is 1. The summed E-state index contributed by atoms with van der Waals surface area (Å²) in [5.74, 6) is 1.35. The highest BCUT2D eigenvalue weighted by Gasteiger charge is 2.11. The van der Waals surface area contributed by atoms with Gasteiger partial charge < -0.3 is 14.6 Å². The number of hydrogen-bond acceptors (Lipinski definition) is 6. The lowest BCUT2D eigenvalue weighted by Crippen LogP contribution is -2.20. The number of aryl methyl sites for hydroxylation is 1. The lowest BCUT2D eigenvalue weighted by atomic mass is 10.3. The first-order valence-corrected chi connectivity index (χ1v) is 10.7. The van der Waals surface area contributed by atoms with Gasteiger partial charge in [0.25, 0.3) is 11.5 Å². The van der Waals surface area contributed by atoms with Gasteiger partial charge in [-0.1, -0.05) is 23.7 Å². The number of rotatable bonds is 7. The third kappa shape index (κ3) is 5.28. The molecule has 0 radical (unpaired) electrons. The molecule has 0 bridgehead atoms. The number of para-hydroxylation sites is 1. The smallest absolute Gasteiger partial charge is 0.287 e. The summed E-state index contributed by atoms with van der Waals surface area (Å²) in [7, 11) is 0. The van der Waals surface area contributed by atoms with Crippen LogP contribution in [0.15, 0.2) is 74.9 Å². The molecule has 0 spiro atoms. The van der Waals surface area contributed by atoms with Crippen LogP contribution in [0.5, 0.6) is 5.75 Å². The quantitative estimate of drug-likeness (QED) is 0.411. The fourth-order valence-electron chi connectivity index (χ4n) is 2.86. The van der Waals surface area contributed by atoms with E-state index in [-0.39, 0.29) is 18.1 Å². The Labute approximate surface area is 187 Å². The number of hydrogen-bond donors (Lipinski definition) is 1. The first-order chi connectivity index (χ1) is 15.0. The summed E-state index contributed by atoms with van der Waals surface area (Å²) in [4.78, 5) is 29.8. The second-order valence-electron chi connectivity index (χ2n) is 6.66. The van der Waals surface area contributed by atoms with Gasteiger partial charge in [-0.2, -0.15) is 0 Å². The summed E-state index contributed by atoms with van der Waals surface area (Å²) in [6.45, 7) is 1.63. The van der Waals surface area contributed by atoms with Crippen LogP contribution in [0.1, 0.15) is 11.5 Å². The molecule has 0 aliphatic carbocycles. The van der Waals surface area contributed by atoms with E-state index in [1.165, 1.54) is 22.4 Å². The first kappa shape index (κ1) is 21.0. The minimum absolute atomic E-state index is 0.130. The van der Waals surface area contributed by atoms with Crippen LogP contribution in [-0.2, 0) is 10.5 Å². The zero-order valence-electron chi connectivity index (χ0n) is 16.5. The van der Waals surface area contributed by atoms with Crippen molar-refractivity contribution in [2.24, 2.45) is 0 Å². The second kappa shape index (κ2) is 9.28. The molecule has 0 atom stereocenters. The largest absolute Gasteiger partial charge is 0.484 e. The van der Waals surface area contributed by atoms with Crippen LogP contribution < -0.4 is 15.6 Å². The number of carbonyl (C=O) groups excluding carboxylic acids is 1. The highest BCUT2D eigenvalue weighted by atomic mass is 35.5. The van der Waals surface area contributed by atoms with Crippen molar-refractivity contribution in [2.75, 3.05) is 11.9 Å². The van der Waals surface area contributed by atoms with Gasteiger partial charge in [0.05, 0.1) is 11.4 Å². The maximum Gasteiger partial charge on any atom is 0.287 e. The normalized spacial score (nSPS) is 10.9. The molecule has 9 heteroatoms. The van der Waals surface area contributed by atoms with Gasteiger partial charge in [-0.3, -0.25) is 9.59 Å². The number of fused-ring (bicyclic) bond motifs is 1. The van der Waals surface area contributed by atoms with Gasteiger partial charge >= 0.3 is 0 Å². The molecule has 0 fully saturated rings. The van der Waals surface area contributed by atoms with E-state index in [9.17, 15) is 9.59 Å². The van der Waals surface area contributed by atoms with Crippen LogP contribution in [0.3, 0.4) is 0 Å². The minimum Gasteiger partial charge on any atom is -0.484 e. The highest BCUT2D eigenvalue weighted by Crippen LogP contribution is 2.29. The van der Waals surface area contributed by atoms with Gasteiger partial charge in [-0.15, -0.1) is 16.3 Å². The van der Waals surface area contributed by atoms with Gasteiger partial charge in [-0.25, -0.2) is 4.98 Å². The van der Waals surface area contributed by atoms with Crippen molar-refractivity contribution in [3.8, 4) is 5.75 Å². The van der Waals surface area contributed by atoms with Gasteiger partial charge in [0.15, 0.2) is 12.3 Å². The predicted octanol–water partition coefficient (Wildman–Crippen LogP) is 4.56. The van der Waals surface area contributed by atoms with Crippen molar-refractivity contribution in [1.82, 2.24) is 9.56 Å². The molecule has 1 N–H and O–H groups in total. The Morgan fingerprint density at radius 3 is 2.77 bits per heavy atom. The molecular weight excluding hydrogens is 438 g/mol. The number of ether oxygens (including phenoxy) is 1. The lowest BCUT2D eigenvalue weighted by Gasteiger charge is -2.11. The molecule has 0 aliphatic rings. The Kier molecular flexibility index (Phi) is 6.29. The lowest BCUT2D eigenvalue weighted by molar-refractivity contribution is -0.118. The molecule has 2 heterocycles. The summed E-state index contributed by atoms with van der Waals surface area (Å²) in [5, 5.41) is 3.46. The van der Waals surface area contributed by atoms with Crippen molar-refractivity contribution < 1.29 is 14.1 Å². The third-order valence-electron chi connectivity index (χ3n) is 4.24. The number of anilines is 1. The van der Waals surface area contributed by atoms with Crippen LogP contribution >= 0.6 is 23.4 Å². The summed E-state index contributed by atoms with van der Waals surface area (Å²) >= 11 is 7.32. The molecule has 2 aromatic heterocycles. The van der Waals surface area contributed by atoms with E-state index in [1.54, 1.807) is 37.3 Å². The topological polar surface area (TPSA) is 85.8 Å². The van der Waals surface area contributed by atoms with Crippen molar-refractivity contribution in [3.63, 3.8) is 0 Å². The van der Waals surface area contributed by atoms with Crippen molar-refractivity contribution in [3.05, 3.63) is 87.5 Å². The number of aromatic nitrogens is 2. The van der Waals surface area contributed by atoms with Crippen molar-refractivity contribution in [1.29, 1.82) is 0 Å². The van der Waals surface area contributed by atoms with E-state index in [4.69, 9.17) is 20.9 Å². The van der Waals surface area contributed by atoms with Crippen molar-refractivity contribution in [2.45, 2.75) is 17.6 Å². The number of halogens is 1. The van der Waals surface area contributed by atoms with Crippen LogP contribution in [-0.4, -0.2) is 22.1 Å². The maximum atomic E-state index is 12.3. The van der Waals surface area contributed by atoms with Crippen LogP contribution in [0.25, 0.3) is 5.65 Å². The fraction of sp³-hybridized carbons (Fsp3) is 0.136. The average Bonchev–Trinajstić information content (AvgIpc) is 3.13. The SMILES string of the molecule is Cc1cc2nc(CSc3ccccc3NC(=O)COc3ccc(Cl)cc3)cc(=O)n2o1. The van der Waals surface area contributed by atoms with Crippen molar-refractivity contribution >= 4 is 40.6 Å². The maximum absolute atomic E-state index is 12.3. The zero-order valence-corrected chi connectivity index (χ0v) is 18.1. The fourth-order valence-corrected chi connectivity index (χ4v) is 3.89. The van der Waals surface area contributed by atoms with E-state index in [0.717, 1.165) is 4.90 Å². The molecule has 158 valence electrons. The van der Waals surface area contributed by atoms with E-state index in [2.05, 4.69) is 10.3 Å². The Morgan fingerprint density at radius 1 is 1.19 bits per heavy atom. The van der Waals surface area contributed by atoms with Gasteiger partial charge in [0.2, 0.25) is 0 Å². The Morgan fingerprint density at radius 2 is 1.97 bits per heavy atom. The van der Waals surface area contributed by atoms with E-state index < -0.39 is 0 Å². The third-order valence-corrected chi connectivity index (χ3v) is 5.60. The number of benzene rings is 2. The number of nitrogens with zero attached hydrogens (tertiary/aromatic N) is 2. The first-order valence-electron chi connectivity index (χ1n) is 9.37. The number of amides is 1. The van der Waals surface area contributed by atoms with Gasteiger partial charge in [0.1, 0.15) is 11.5 Å². The molecule has 4 aromatic rings. The van der Waals surface area contributed by atoms with Gasteiger partial charge in [-0.05, 0) is 43.3 Å². The molecular formula is C22H18ClN3O4S. The molecule has 0 saturated carbocycles. The van der Waals surface area contributed by atoms with E-state index in [1.807, 2.05) is 24.3 Å². The molecule has 0 unspecified atom stereocenters. The minimum atomic E-state index is -0.283. The molecule has 31 heavy (non-hydrogen) atoms. The predicted molar refractivity (Wildman–Crippen MR) is 120 cm³/mol. The van der Waals surface area contributed by atoms with E-state index >= 15 is 0 Å². The number of carbonyl (C=O) groups is 1. The Hall–Kier alpha value is -3.23. The standard InChI is InChI=1S/C22H18ClN3O4S/c1-14-10-20-24-16(11-22(28)26(20)30-14)13-31-19-5-3-2-4-18(19)25-21(27)12-29-17-8-6-15(23)7-9-17/h2-11H,12-13H2,1H3,(H,25,27). The molecule has 1 amide bonds. The van der Waals surface area contributed by atoms with E-state index in [0.29, 0.717) is 39.3 Å². The van der Waals surface area contributed by atoms with Crippen LogP contribution in [0, 0.1) is 6.92 Å².